The molecule has 3 aromatic rings. The molecular formula is C22H20N2O3. The van der Waals surface area contributed by atoms with Gasteiger partial charge in [-0.05, 0) is 67.3 Å². The van der Waals surface area contributed by atoms with Crippen LogP contribution in [0, 0.1) is 6.92 Å². The Balaban J connectivity index is 1.46. The molecule has 0 spiro atoms. The maximum absolute atomic E-state index is 12.1. The van der Waals surface area contributed by atoms with Crippen LogP contribution >= 0.6 is 0 Å². The molecule has 1 aliphatic carbocycles. The largest absolute Gasteiger partial charge is 0.454 e. The van der Waals surface area contributed by atoms with E-state index in [0.717, 1.165) is 57.6 Å². The Hall–Kier alpha value is -3.08. The number of benzene rings is 2. The molecule has 1 amide bonds. The summed E-state index contributed by atoms with van der Waals surface area (Å²) < 4.78 is 10.9. The van der Waals surface area contributed by atoms with Crippen molar-refractivity contribution in [2.45, 2.75) is 32.2 Å². The van der Waals surface area contributed by atoms with Crippen molar-refractivity contribution in [2.24, 2.45) is 0 Å². The Morgan fingerprint density at radius 3 is 2.81 bits per heavy atom. The SMILES string of the molecule is Cc1cc(-c2ccc3c(c2)OCO3)nc2ccc(CC(=O)NC3CC3)cc12. The van der Waals surface area contributed by atoms with Gasteiger partial charge in [-0.3, -0.25) is 4.79 Å². The van der Waals surface area contributed by atoms with Crippen molar-refractivity contribution in [2.75, 3.05) is 6.79 Å². The minimum absolute atomic E-state index is 0.0967. The zero-order valence-electron chi connectivity index (χ0n) is 15.1. The van der Waals surface area contributed by atoms with Gasteiger partial charge in [0.25, 0.3) is 0 Å². The summed E-state index contributed by atoms with van der Waals surface area (Å²) in [6.45, 7) is 2.34. The van der Waals surface area contributed by atoms with Crippen molar-refractivity contribution in [1.82, 2.24) is 10.3 Å². The number of amides is 1. The van der Waals surface area contributed by atoms with Crippen molar-refractivity contribution in [1.29, 1.82) is 0 Å². The van der Waals surface area contributed by atoms with Gasteiger partial charge in [-0.2, -0.15) is 0 Å². The van der Waals surface area contributed by atoms with E-state index in [1.54, 1.807) is 0 Å². The van der Waals surface area contributed by atoms with Gasteiger partial charge in [0.05, 0.1) is 17.6 Å². The molecule has 0 bridgehead atoms. The predicted octanol–water partition coefficient (Wildman–Crippen LogP) is 3.76. The fraction of sp³-hybridized carbons (Fsp3) is 0.273. The molecule has 2 aliphatic rings. The van der Waals surface area contributed by atoms with E-state index in [2.05, 4.69) is 24.4 Å². The zero-order valence-corrected chi connectivity index (χ0v) is 15.1. The van der Waals surface area contributed by atoms with Crippen LogP contribution < -0.4 is 14.8 Å². The van der Waals surface area contributed by atoms with E-state index in [4.69, 9.17) is 14.5 Å². The summed E-state index contributed by atoms with van der Waals surface area (Å²) in [6, 6.07) is 14.4. The Morgan fingerprint density at radius 1 is 1.11 bits per heavy atom. The van der Waals surface area contributed by atoms with Gasteiger partial charge >= 0.3 is 0 Å². The van der Waals surface area contributed by atoms with E-state index >= 15 is 0 Å². The average molecular weight is 360 g/mol. The number of ether oxygens (including phenoxy) is 2. The van der Waals surface area contributed by atoms with Gasteiger partial charge in [0.1, 0.15) is 0 Å². The summed E-state index contributed by atoms with van der Waals surface area (Å²) in [6.07, 6.45) is 2.63. The number of fused-ring (bicyclic) bond motifs is 2. The Bertz CT molecular complexity index is 1060. The van der Waals surface area contributed by atoms with Gasteiger partial charge in [0.15, 0.2) is 11.5 Å². The van der Waals surface area contributed by atoms with Gasteiger partial charge in [-0.15, -0.1) is 0 Å². The lowest BCUT2D eigenvalue weighted by Gasteiger charge is -2.10. The van der Waals surface area contributed by atoms with E-state index in [1.807, 2.05) is 30.3 Å². The molecule has 0 saturated heterocycles. The van der Waals surface area contributed by atoms with Crippen LogP contribution in [0.25, 0.3) is 22.2 Å². The molecule has 0 radical (unpaired) electrons. The number of hydrogen-bond donors (Lipinski definition) is 1. The highest BCUT2D eigenvalue weighted by atomic mass is 16.7. The van der Waals surface area contributed by atoms with Crippen LogP contribution in [-0.4, -0.2) is 23.7 Å². The number of nitrogens with one attached hydrogen (secondary N) is 1. The molecule has 1 aliphatic heterocycles. The number of aryl methyl sites for hydroxylation is 1. The number of aromatic nitrogens is 1. The second-order valence-corrected chi connectivity index (χ2v) is 7.26. The van der Waals surface area contributed by atoms with Gasteiger partial charge in [-0.1, -0.05) is 6.07 Å². The van der Waals surface area contributed by atoms with Crippen molar-refractivity contribution in [3.63, 3.8) is 0 Å². The summed E-state index contributed by atoms with van der Waals surface area (Å²) in [5.74, 6) is 1.62. The van der Waals surface area contributed by atoms with Crippen molar-refractivity contribution in [3.05, 3.63) is 53.6 Å². The van der Waals surface area contributed by atoms with Crippen LogP contribution in [0.5, 0.6) is 11.5 Å². The van der Waals surface area contributed by atoms with Crippen LogP contribution in [-0.2, 0) is 11.2 Å². The van der Waals surface area contributed by atoms with Crippen molar-refractivity contribution in [3.8, 4) is 22.8 Å². The summed E-state index contributed by atoms with van der Waals surface area (Å²) in [7, 11) is 0. The van der Waals surface area contributed by atoms with E-state index < -0.39 is 0 Å². The van der Waals surface area contributed by atoms with Gasteiger partial charge < -0.3 is 14.8 Å². The molecule has 136 valence electrons. The maximum Gasteiger partial charge on any atom is 0.231 e. The fourth-order valence-electron chi connectivity index (χ4n) is 3.45. The Kier molecular flexibility index (Phi) is 3.74. The number of nitrogens with zero attached hydrogens (tertiary/aromatic N) is 1. The van der Waals surface area contributed by atoms with Crippen LogP contribution in [0.4, 0.5) is 0 Å². The van der Waals surface area contributed by atoms with E-state index in [1.165, 1.54) is 0 Å². The number of carbonyl (C=O) groups excluding carboxylic acids is 1. The summed E-state index contributed by atoms with van der Waals surface area (Å²) in [4.78, 5) is 16.9. The standard InChI is InChI=1S/C22H20N2O3/c1-13-8-19(15-3-7-20-21(11-15)27-12-26-20)24-18-6-2-14(9-17(13)18)10-22(25)23-16-4-5-16/h2-3,6-9,11,16H,4-5,10,12H2,1H3,(H,23,25). The quantitative estimate of drug-likeness (QED) is 0.770. The number of rotatable bonds is 4. The topological polar surface area (TPSA) is 60.5 Å². The van der Waals surface area contributed by atoms with Gasteiger partial charge in [0, 0.05) is 17.0 Å². The predicted molar refractivity (Wildman–Crippen MR) is 103 cm³/mol. The lowest BCUT2D eigenvalue weighted by Crippen LogP contribution is -2.26. The first kappa shape index (κ1) is 16.1. The molecule has 2 aromatic carbocycles. The smallest absolute Gasteiger partial charge is 0.231 e. The molecular weight excluding hydrogens is 340 g/mol. The molecule has 5 heteroatoms. The first-order chi connectivity index (χ1) is 13.2. The van der Waals surface area contributed by atoms with Crippen molar-refractivity contribution >= 4 is 16.8 Å². The minimum atomic E-state index is 0.0967. The lowest BCUT2D eigenvalue weighted by atomic mass is 10.0. The summed E-state index contributed by atoms with van der Waals surface area (Å²) >= 11 is 0. The molecule has 2 heterocycles. The first-order valence-electron chi connectivity index (χ1n) is 9.25. The molecule has 1 fully saturated rings. The molecule has 0 unspecified atom stereocenters. The first-order valence-corrected chi connectivity index (χ1v) is 9.25. The van der Waals surface area contributed by atoms with E-state index in [9.17, 15) is 4.79 Å². The maximum atomic E-state index is 12.1. The van der Waals surface area contributed by atoms with Crippen molar-refractivity contribution < 1.29 is 14.3 Å². The number of hydrogen-bond acceptors (Lipinski definition) is 4. The van der Waals surface area contributed by atoms with Crippen LogP contribution in [0.2, 0.25) is 0 Å². The van der Waals surface area contributed by atoms with E-state index in [-0.39, 0.29) is 12.7 Å². The number of carbonyl (C=O) groups is 1. The summed E-state index contributed by atoms with van der Waals surface area (Å²) in [5.41, 5.74) is 4.97. The van der Waals surface area contributed by atoms with Crippen LogP contribution in [0.1, 0.15) is 24.0 Å². The van der Waals surface area contributed by atoms with Crippen LogP contribution in [0.15, 0.2) is 42.5 Å². The highest BCUT2D eigenvalue weighted by Gasteiger charge is 2.23. The Labute approximate surface area is 157 Å². The van der Waals surface area contributed by atoms with E-state index in [0.29, 0.717) is 12.5 Å². The minimum Gasteiger partial charge on any atom is -0.454 e. The summed E-state index contributed by atoms with van der Waals surface area (Å²) in [5, 5.41) is 4.12. The fourth-order valence-corrected chi connectivity index (χ4v) is 3.45. The van der Waals surface area contributed by atoms with Gasteiger partial charge in [0.2, 0.25) is 12.7 Å². The normalized spacial score (nSPS) is 15.1. The lowest BCUT2D eigenvalue weighted by molar-refractivity contribution is -0.120. The average Bonchev–Trinajstić information content (AvgIpc) is 3.34. The molecule has 1 aromatic heterocycles. The molecule has 5 nitrogen and oxygen atoms in total. The molecule has 27 heavy (non-hydrogen) atoms. The third kappa shape index (κ3) is 3.21. The molecule has 1 N–H and O–H groups in total. The number of pyridine rings is 1. The second kappa shape index (κ2) is 6.27. The third-order valence-electron chi connectivity index (χ3n) is 5.06. The van der Waals surface area contributed by atoms with Gasteiger partial charge in [-0.25, -0.2) is 4.98 Å². The molecule has 5 rings (SSSR count). The highest BCUT2D eigenvalue weighted by Crippen LogP contribution is 2.36. The molecule has 1 saturated carbocycles. The highest BCUT2D eigenvalue weighted by molar-refractivity contribution is 5.87. The molecule has 0 atom stereocenters. The monoisotopic (exact) mass is 360 g/mol. The second-order valence-electron chi connectivity index (χ2n) is 7.26. The van der Waals surface area contributed by atoms with Crippen LogP contribution in [0.3, 0.4) is 0 Å². The Morgan fingerprint density at radius 2 is 1.96 bits per heavy atom. The zero-order chi connectivity index (χ0) is 18.4. The third-order valence-corrected chi connectivity index (χ3v) is 5.06.